The molecule has 0 spiro atoms. The zero-order chi connectivity index (χ0) is 13.8. The summed E-state index contributed by atoms with van der Waals surface area (Å²) < 4.78 is 0. The van der Waals surface area contributed by atoms with Crippen molar-refractivity contribution in [1.82, 2.24) is 0 Å². The van der Waals surface area contributed by atoms with Crippen molar-refractivity contribution in [3.8, 4) is 11.1 Å². The van der Waals surface area contributed by atoms with Gasteiger partial charge in [0.15, 0.2) is 0 Å². The Hall–Kier alpha value is -1.80. The molecule has 0 saturated heterocycles. The predicted octanol–water partition coefficient (Wildman–Crippen LogP) is 4.20. The van der Waals surface area contributed by atoms with E-state index in [9.17, 15) is 4.79 Å². The Morgan fingerprint density at radius 3 is 2.42 bits per heavy atom. The number of carboxylic acids is 1. The van der Waals surface area contributed by atoms with Crippen LogP contribution in [0.3, 0.4) is 0 Å². The van der Waals surface area contributed by atoms with Crippen LogP contribution in [0.25, 0.3) is 11.1 Å². The van der Waals surface area contributed by atoms with Gasteiger partial charge in [0, 0.05) is 5.02 Å². The van der Waals surface area contributed by atoms with Gasteiger partial charge in [0.25, 0.3) is 0 Å². The van der Waals surface area contributed by atoms with Gasteiger partial charge in [-0.1, -0.05) is 54.9 Å². The molecule has 0 atom stereocenters. The van der Waals surface area contributed by atoms with Gasteiger partial charge in [-0.15, -0.1) is 0 Å². The van der Waals surface area contributed by atoms with E-state index in [1.165, 1.54) is 0 Å². The molecule has 2 aromatic carbocycles. The molecule has 0 heterocycles. The number of halogens is 1. The molecule has 0 amide bonds. The maximum absolute atomic E-state index is 10.9. The quantitative estimate of drug-likeness (QED) is 0.907. The van der Waals surface area contributed by atoms with Crippen LogP contribution in [0.15, 0.2) is 42.5 Å². The Morgan fingerprint density at radius 2 is 1.84 bits per heavy atom. The number of hydrogen-bond acceptors (Lipinski definition) is 1. The largest absolute Gasteiger partial charge is 0.481 e. The van der Waals surface area contributed by atoms with Crippen molar-refractivity contribution in [2.75, 3.05) is 0 Å². The van der Waals surface area contributed by atoms with Gasteiger partial charge in [-0.05, 0) is 34.7 Å². The first-order chi connectivity index (χ1) is 9.11. The lowest BCUT2D eigenvalue weighted by molar-refractivity contribution is -0.136. The SMILES string of the molecule is CCc1cc(-c2ccccc2)cc(Cl)c1CC(=O)O. The molecule has 3 heteroatoms. The second-order valence-electron chi connectivity index (χ2n) is 4.39. The van der Waals surface area contributed by atoms with E-state index in [0.717, 1.165) is 28.7 Å². The van der Waals surface area contributed by atoms with Crippen LogP contribution in [0.2, 0.25) is 5.02 Å². The summed E-state index contributed by atoms with van der Waals surface area (Å²) in [4.78, 5) is 10.9. The normalized spacial score (nSPS) is 10.4. The highest BCUT2D eigenvalue weighted by molar-refractivity contribution is 6.32. The molecule has 0 saturated carbocycles. The molecule has 2 nitrogen and oxygen atoms in total. The van der Waals surface area contributed by atoms with Crippen molar-refractivity contribution in [2.45, 2.75) is 19.8 Å². The summed E-state index contributed by atoms with van der Waals surface area (Å²) in [6, 6.07) is 13.8. The molecule has 19 heavy (non-hydrogen) atoms. The molecule has 2 aromatic rings. The van der Waals surface area contributed by atoms with E-state index in [4.69, 9.17) is 16.7 Å². The van der Waals surface area contributed by atoms with Crippen LogP contribution in [0.4, 0.5) is 0 Å². The standard InChI is InChI=1S/C16H15ClO2/c1-2-11-8-13(12-6-4-3-5-7-12)9-15(17)14(11)10-16(18)19/h3-9H,2,10H2,1H3,(H,18,19). The summed E-state index contributed by atoms with van der Waals surface area (Å²) in [6.07, 6.45) is 0.736. The Kier molecular flexibility index (Phi) is 4.23. The van der Waals surface area contributed by atoms with E-state index < -0.39 is 5.97 Å². The van der Waals surface area contributed by atoms with Gasteiger partial charge < -0.3 is 5.11 Å². The molecule has 0 fully saturated rings. The molecule has 0 bridgehead atoms. The minimum atomic E-state index is -0.857. The maximum atomic E-state index is 10.9. The Morgan fingerprint density at radius 1 is 1.16 bits per heavy atom. The van der Waals surface area contributed by atoms with Crippen molar-refractivity contribution in [2.24, 2.45) is 0 Å². The third-order valence-electron chi connectivity index (χ3n) is 3.10. The molecule has 0 aliphatic carbocycles. The van der Waals surface area contributed by atoms with Crippen molar-refractivity contribution in [3.63, 3.8) is 0 Å². The van der Waals surface area contributed by atoms with Gasteiger partial charge in [0.1, 0.15) is 0 Å². The van der Waals surface area contributed by atoms with Gasteiger partial charge in [-0.25, -0.2) is 0 Å². The minimum Gasteiger partial charge on any atom is -0.481 e. The van der Waals surface area contributed by atoms with Crippen molar-refractivity contribution in [1.29, 1.82) is 0 Å². The predicted molar refractivity (Wildman–Crippen MR) is 77.6 cm³/mol. The first kappa shape index (κ1) is 13.6. The number of hydrogen-bond donors (Lipinski definition) is 1. The second-order valence-corrected chi connectivity index (χ2v) is 4.79. The lowest BCUT2D eigenvalue weighted by atomic mass is 9.96. The molecular weight excluding hydrogens is 260 g/mol. The van der Waals surface area contributed by atoms with Crippen LogP contribution in [0.1, 0.15) is 18.1 Å². The monoisotopic (exact) mass is 274 g/mol. The average Bonchev–Trinajstić information content (AvgIpc) is 2.41. The summed E-state index contributed by atoms with van der Waals surface area (Å²) in [5.74, 6) is -0.857. The molecule has 0 aliphatic rings. The molecule has 2 rings (SSSR count). The van der Waals surface area contributed by atoms with Crippen LogP contribution in [0.5, 0.6) is 0 Å². The average molecular weight is 275 g/mol. The van der Waals surface area contributed by atoms with Crippen molar-refractivity contribution in [3.05, 3.63) is 58.6 Å². The van der Waals surface area contributed by atoms with Gasteiger partial charge in [0.05, 0.1) is 6.42 Å². The highest BCUT2D eigenvalue weighted by Gasteiger charge is 2.12. The first-order valence-electron chi connectivity index (χ1n) is 6.20. The highest BCUT2D eigenvalue weighted by Crippen LogP contribution is 2.29. The molecular formula is C16H15ClO2. The number of aryl methyl sites for hydroxylation is 1. The summed E-state index contributed by atoms with van der Waals surface area (Å²) in [5.41, 5.74) is 3.82. The smallest absolute Gasteiger partial charge is 0.307 e. The maximum Gasteiger partial charge on any atom is 0.307 e. The lowest BCUT2D eigenvalue weighted by Crippen LogP contribution is -2.04. The molecule has 98 valence electrons. The fraction of sp³-hybridized carbons (Fsp3) is 0.188. The van der Waals surface area contributed by atoms with Gasteiger partial charge in [-0.3, -0.25) is 4.79 Å². The zero-order valence-electron chi connectivity index (χ0n) is 10.7. The Balaban J connectivity index is 2.50. The van der Waals surface area contributed by atoms with Gasteiger partial charge >= 0.3 is 5.97 Å². The van der Waals surface area contributed by atoms with Gasteiger partial charge in [-0.2, -0.15) is 0 Å². The third-order valence-corrected chi connectivity index (χ3v) is 3.44. The molecule has 0 radical (unpaired) electrons. The number of rotatable bonds is 4. The van der Waals surface area contributed by atoms with Crippen molar-refractivity contribution >= 4 is 17.6 Å². The molecule has 0 aliphatic heterocycles. The topological polar surface area (TPSA) is 37.3 Å². The van der Waals surface area contributed by atoms with E-state index in [1.807, 2.05) is 49.4 Å². The fourth-order valence-electron chi connectivity index (χ4n) is 2.16. The van der Waals surface area contributed by atoms with Gasteiger partial charge in [0.2, 0.25) is 0 Å². The highest BCUT2D eigenvalue weighted by atomic mass is 35.5. The van der Waals surface area contributed by atoms with E-state index in [1.54, 1.807) is 0 Å². The summed E-state index contributed by atoms with van der Waals surface area (Å²) in [6.45, 7) is 2.01. The van der Waals surface area contributed by atoms with Crippen LogP contribution >= 0.6 is 11.6 Å². The summed E-state index contributed by atoms with van der Waals surface area (Å²) in [7, 11) is 0. The minimum absolute atomic E-state index is 0.0307. The Bertz CT molecular complexity index is 591. The van der Waals surface area contributed by atoms with E-state index in [-0.39, 0.29) is 6.42 Å². The van der Waals surface area contributed by atoms with Crippen LogP contribution < -0.4 is 0 Å². The van der Waals surface area contributed by atoms with E-state index in [0.29, 0.717) is 5.02 Å². The number of benzene rings is 2. The molecule has 0 unspecified atom stereocenters. The first-order valence-corrected chi connectivity index (χ1v) is 6.58. The second kappa shape index (κ2) is 5.89. The lowest BCUT2D eigenvalue weighted by Gasteiger charge is -2.12. The fourth-order valence-corrected chi connectivity index (χ4v) is 2.46. The zero-order valence-corrected chi connectivity index (χ0v) is 11.4. The van der Waals surface area contributed by atoms with Crippen LogP contribution in [-0.4, -0.2) is 11.1 Å². The van der Waals surface area contributed by atoms with Crippen LogP contribution in [-0.2, 0) is 17.6 Å². The Labute approximate surface area is 117 Å². The third kappa shape index (κ3) is 3.15. The molecule has 1 N–H and O–H groups in total. The molecule has 0 aromatic heterocycles. The number of carbonyl (C=O) groups is 1. The van der Waals surface area contributed by atoms with E-state index in [2.05, 4.69) is 0 Å². The number of carboxylic acid groups (broad SMARTS) is 1. The summed E-state index contributed by atoms with van der Waals surface area (Å²) in [5, 5.41) is 9.47. The number of aliphatic carboxylic acids is 1. The van der Waals surface area contributed by atoms with Crippen LogP contribution in [0, 0.1) is 0 Å². The van der Waals surface area contributed by atoms with Crippen molar-refractivity contribution < 1.29 is 9.90 Å². The summed E-state index contributed by atoms with van der Waals surface area (Å²) >= 11 is 6.24. The van der Waals surface area contributed by atoms with E-state index >= 15 is 0 Å².